The van der Waals surface area contributed by atoms with E-state index in [4.69, 9.17) is 9.47 Å². The van der Waals surface area contributed by atoms with Crippen molar-refractivity contribution in [2.24, 2.45) is 0 Å². The van der Waals surface area contributed by atoms with Gasteiger partial charge in [-0.1, -0.05) is 6.07 Å². The molecule has 31 heavy (non-hydrogen) atoms. The quantitative estimate of drug-likeness (QED) is 0.778. The molecule has 0 bridgehead atoms. The molecule has 2 aliphatic rings. The van der Waals surface area contributed by atoms with Gasteiger partial charge >= 0.3 is 6.18 Å². The van der Waals surface area contributed by atoms with Crippen molar-refractivity contribution in [1.29, 1.82) is 0 Å². The predicted molar refractivity (Wildman–Crippen MR) is 111 cm³/mol. The molecule has 0 unspecified atom stereocenters. The Balaban J connectivity index is 1.24. The van der Waals surface area contributed by atoms with Gasteiger partial charge in [-0.15, -0.1) is 0 Å². The van der Waals surface area contributed by atoms with Crippen LogP contribution in [0.1, 0.15) is 12.0 Å². The second-order valence-corrected chi connectivity index (χ2v) is 7.53. The van der Waals surface area contributed by atoms with Gasteiger partial charge in [0.1, 0.15) is 13.2 Å². The van der Waals surface area contributed by atoms with Crippen LogP contribution in [0.3, 0.4) is 0 Å². The summed E-state index contributed by atoms with van der Waals surface area (Å²) >= 11 is 0. The van der Waals surface area contributed by atoms with Crippen molar-refractivity contribution < 1.29 is 27.4 Å². The molecule has 2 aliphatic heterocycles. The average molecular weight is 435 g/mol. The third-order valence-electron chi connectivity index (χ3n) is 5.39. The number of amides is 1. The Bertz CT molecular complexity index is 928. The van der Waals surface area contributed by atoms with Crippen LogP contribution in [-0.4, -0.2) is 56.7 Å². The van der Waals surface area contributed by atoms with Gasteiger partial charge in [0, 0.05) is 56.6 Å². The number of benzene rings is 2. The van der Waals surface area contributed by atoms with Gasteiger partial charge in [-0.3, -0.25) is 9.69 Å². The minimum absolute atomic E-state index is 0.100. The zero-order valence-electron chi connectivity index (χ0n) is 17.0. The van der Waals surface area contributed by atoms with Crippen LogP contribution in [0, 0.1) is 0 Å². The van der Waals surface area contributed by atoms with Crippen LogP contribution in [0.15, 0.2) is 42.5 Å². The molecule has 2 aromatic carbocycles. The first-order chi connectivity index (χ1) is 14.9. The fraction of sp³-hybridized carbons (Fsp3) is 0.409. The number of alkyl halides is 3. The van der Waals surface area contributed by atoms with Crippen LogP contribution in [0.2, 0.25) is 0 Å². The average Bonchev–Trinajstić information content (AvgIpc) is 2.77. The normalized spacial score (nSPS) is 16.8. The van der Waals surface area contributed by atoms with E-state index in [9.17, 15) is 18.0 Å². The Kier molecular flexibility index (Phi) is 6.22. The van der Waals surface area contributed by atoms with Crippen LogP contribution in [0.25, 0.3) is 0 Å². The van der Waals surface area contributed by atoms with E-state index in [0.29, 0.717) is 75.2 Å². The van der Waals surface area contributed by atoms with E-state index in [0.717, 1.165) is 6.07 Å². The highest BCUT2D eigenvalue weighted by atomic mass is 19.4. The zero-order chi connectivity index (χ0) is 21.8. The molecule has 2 heterocycles. The smallest absolute Gasteiger partial charge is 0.416 e. The highest BCUT2D eigenvalue weighted by Crippen LogP contribution is 2.33. The number of ether oxygens (including phenoxy) is 2. The lowest BCUT2D eigenvalue weighted by Crippen LogP contribution is -2.47. The number of fused-ring (bicyclic) bond motifs is 1. The number of hydrogen-bond donors (Lipinski definition) is 1. The molecule has 0 saturated carbocycles. The number of hydrogen-bond acceptors (Lipinski definition) is 5. The van der Waals surface area contributed by atoms with Gasteiger partial charge in [0.15, 0.2) is 11.5 Å². The monoisotopic (exact) mass is 435 g/mol. The van der Waals surface area contributed by atoms with Gasteiger partial charge in [0.05, 0.1) is 5.56 Å². The van der Waals surface area contributed by atoms with Crippen molar-refractivity contribution in [2.75, 3.05) is 56.2 Å². The second kappa shape index (κ2) is 9.05. The van der Waals surface area contributed by atoms with Gasteiger partial charge in [-0.05, 0) is 30.3 Å². The molecule has 0 aromatic heterocycles. The molecule has 2 aromatic rings. The van der Waals surface area contributed by atoms with E-state index in [1.54, 1.807) is 24.3 Å². The summed E-state index contributed by atoms with van der Waals surface area (Å²) < 4.78 is 49.8. The predicted octanol–water partition coefficient (Wildman–Crippen LogP) is 3.63. The molecule has 0 spiro atoms. The Hall–Kier alpha value is -2.94. The fourth-order valence-corrected chi connectivity index (χ4v) is 3.71. The molecule has 1 amide bonds. The molecular weight excluding hydrogens is 411 g/mol. The van der Waals surface area contributed by atoms with Crippen molar-refractivity contribution in [2.45, 2.75) is 12.6 Å². The summed E-state index contributed by atoms with van der Waals surface area (Å²) in [4.78, 5) is 16.4. The summed E-state index contributed by atoms with van der Waals surface area (Å²) in [7, 11) is 0. The van der Waals surface area contributed by atoms with Crippen molar-refractivity contribution in [3.63, 3.8) is 0 Å². The number of carbonyl (C=O) groups is 1. The highest BCUT2D eigenvalue weighted by molar-refractivity contribution is 5.91. The van der Waals surface area contributed by atoms with Crippen LogP contribution < -0.4 is 19.7 Å². The van der Waals surface area contributed by atoms with Crippen molar-refractivity contribution in [3.8, 4) is 11.5 Å². The third-order valence-corrected chi connectivity index (χ3v) is 5.39. The number of halogens is 3. The Morgan fingerprint density at radius 3 is 2.45 bits per heavy atom. The van der Waals surface area contributed by atoms with Crippen molar-refractivity contribution >= 4 is 17.3 Å². The van der Waals surface area contributed by atoms with Gasteiger partial charge in [0.25, 0.3) is 0 Å². The van der Waals surface area contributed by atoms with E-state index in [1.807, 2.05) is 4.90 Å². The molecule has 9 heteroatoms. The summed E-state index contributed by atoms with van der Waals surface area (Å²) in [5, 5.41) is 2.87. The van der Waals surface area contributed by atoms with Crippen LogP contribution >= 0.6 is 0 Å². The van der Waals surface area contributed by atoms with E-state index in [-0.39, 0.29) is 5.91 Å². The molecular formula is C22H24F3N3O3. The SMILES string of the molecule is O=C(CCN1CCN(c2cccc(C(F)(F)F)c2)CC1)Nc1ccc2c(c1)OCCO2. The number of nitrogens with zero attached hydrogens (tertiary/aromatic N) is 2. The Labute approximate surface area is 178 Å². The van der Waals surface area contributed by atoms with Gasteiger partial charge in [-0.2, -0.15) is 13.2 Å². The van der Waals surface area contributed by atoms with Crippen LogP contribution in [-0.2, 0) is 11.0 Å². The topological polar surface area (TPSA) is 54.0 Å². The molecule has 1 saturated heterocycles. The summed E-state index contributed by atoms with van der Waals surface area (Å²) in [6, 6.07) is 10.7. The second-order valence-electron chi connectivity index (χ2n) is 7.53. The van der Waals surface area contributed by atoms with Crippen molar-refractivity contribution in [3.05, 3.63) is 48.0 Å². The standard InChI is InChI=1S/C22H24F3N3O3/c23-22(24,25)16-2-1-3-18(14-16)28-10-8-27(9-11-28)7-6-21(29)26-17-4-5-19-20(15-17)31-13-12-30-19/h1-5,14-15H,6-13H2,(H,26,29). The van der Waals surface area contributed by atoms with Gasteiger partial charge in [-0.25, -0.2) is 0 Å². The minimum atomic E-state index is -4.34. The third kappa shape index (κ3) is 5.41. The Morgan fingerprint density at radius 2 is 1.71 bits per heavy atom. The van der Waals surface area contributed by atoms with Gasteiger partial charge < -0.3 is 19.7 Å². The first-order valence-electron chi connectivity index (χ1n) is 10.2. The van der Waals surface area contributed by atoms with E-state index in [1.165, 1.54) is 12.1 Å². The maximum absolute atomic E-state index is 12.9. The number of rotatable bonds is 5. The molecule has 0 aliphatic carbocycles. The molecule has 0 atom stereocenters. The van der Waals surface area contributed by atoms with Crippen LogP contribution in [0.4, 0.5) is 24.5 Å². The molecule has 0 radical (unpaired) electrons. The van der Waals surface area contributed by atoms with E-state index >= 15 is 0 Å². The van der Waals surface area contributed by atoms with E-state index in [2.05, 4.69) is 10.2 Å². The lowest BCUT2D eigenvalue weighted by molar-refractivity contribution is -0.137. The van der Waals surface area contributed by atoms with Crippen LogP contribution in [0.5, 0.6) is 11.5 Å². The summed E-state index contributed by atoms with van der Waals surface area (Å²) in [5.41, 5.74) is 0.595. The number of anilines is 2. The zero-order valence-corrected chi connectivity index (χ0v) is 17.0. The first kappa shape index (κ1) is 21.3. The molecule has 1 fully saturated rings. The number of piperazine rings is 1. The lowest BCUT2D eigenvalue weighted by Gasteiger charge is -2.36. The maximum atomic E-state index is 12.9. The van der Waals surface area contributed by atoms with Crippen molar-refractivity contribution in [1.82, 2.24) is 4.90 Å². The van der Waals surface area contributed by atoms with Gasteiger partial charge in [0.2, 0.25) is 5.91 Å². The number of carbonyl (C=O) groups excluding carboxylic acids is 1. The minimum Gasteiger partial charge on any atom is -0.486 e. The fourth-order valence-electron chi connectivity index (χ4n) is 3.71. The largest absolute Gasteiger partial charge is 0.486 e. The first-order valence-corrected chi connectivity index (χ1v) is 10.2. The summed E-state index contributed by atoms with van der Waals surface area (Å²) in [6.45, 7) is 4.20. The summed E-state index contributed by atoms with van der Waals surface area (Å²) in [6.07, 6.45) is -4.01. The lowest BCUT2D eigenvalue weighted by atomic mass is 10.1. The summed E-state index contributed by atoms with van der Waals surface area (Å²) in [5.74, 6) is 1.19. The molecule has 6 nitrogen and oxygen atoms in total. The van der Waals surface area contributed by atoms with E-state index < -0.39 is 11.7 Å². The maximum Gasteiger partial charge on any atom is 0.416 e. The molecule has 166 valence electrons. The molecule has 1 N–H and O–H groups in total. The molecule has 4 rings (SSSR count). The Morgan fingerprint density at radius 1 is 0.968 bits per heavy atom. The number of nitrogens with one attached hydrogen (secondary N) is 1. The highest BCUT2D eigenvalue weighted by Gasteiger charge is 2.31.